The molecule has 0 amide bonds. The average molecular weight is 437 g/mol. The number of alkyl halides is 2. The molecule has 3 aromatic heterocycles. The van der Waals surface area contributed by atoms with Gasteiger partial charge in [-0.15, -0.1) is 0 Å². The van der Waals surface area contributed by atoms with Crippen molar-refractivity contribution in [3.05, 3.63) is 36.4 Å². The molecule has 0 saturated carbocycles. The molecule has 1 fully saturated rings. The van der Waals surface area contributed by atoms with Crippen LogP contribution < -0.4 is 9.62 Å². The second-order valence-corrected chi connectivity index (χ2v) is 9.14. The molecule has 0 aliphatic carbocycles. The molecule has 4 heterocycles. The number of hydrogen-bond donors (Lipinski definition) is 1. The number of fused-ring (bicyclic) bond motifs is 1. The standard InChI is InChI=1S/C18H21F2N7O2S/c1-30(28,29)24-8-12-3-2-6-26(10-12)17-7-14(22-11-23-17)15-9-21-16-5-4-13(18(19)20)25-27(15)16/h4-5,7,9,11-12,18,24H,2-3,6,8,10H2,1H3. The molecule has 3 aromatic rings. The van der Waals surface area contributed by atoms with Crippen LogP contribution in [0, 0.1) is 5.92 Å². The van der Waals surface area contributed by atoms with E-state index in [1.165, 1.54) is 23.0 Å². The lowest BCUT2D eigenvalue weighted by Crippen LogP contribution is -2.41. The van der Waals surface area contributed by atoms with Gasteiger partial charge in [-0.1, -0.05) is 0 Å². The molecule has 4 rings (SSSR count). The van der Waals surface area contributed by atoms with E-state index in [2.05, 4.69) is 29.7 Å². The Morgan fingerprint density at radius 2 is 2.10 bits per heavy atom. The van der Waals surface area contributed by atoms with E-state index in [1.54, 1.807) is 12.3 Å². The van der Waals surface area contributed by atoms with Crippen LogP contribution in [0.3, 0.4) is 0 Å². The fourth-order valence-electron chi connectivity index (χ4n) is 3.55. The van der Waals surface area contributed by atoms with Gasteiger partial charge in [0.05, 0.1) is 18.1 Å². The lowest BCUT2D eigenvalue weighted by atomic mass is 9.98. The molecule has 1 saturated heterocycles. The van der Waals surface area contributed by atoms with E-state index in [4.69, 9.17) is 0 Å². The molecule has 0 bridgehead atoms. The largest absolute Gasteiger partial charge is 0.356 e. The van der Waals surface area contributed by atoms with Gasteiger partial charge < -0.3 is 4.90 Å². The van der Waals surface area contributed by atoms with Crippen molar-refractivity contribution in [2.75, 3.05) is 30.8 Å². The lowest BCUT2D eigenvalue weighted by molar-refractivity contribution is 0.144. The van der Waals surface area contributed by atoms with Crippen molar-refractivity contribution in [2.45, 2.75) is 19.3 Å². The number of sulfonamides is 1. The number of hydrogen-bond acceptors (Lipinski definition) is 7. The van der Waals surface area contributed by atoms with E-state index in [9.17, 15) is 17.2 Å². The van der Waals surface area contributed by atoms with Crippen molar-refractivity contribution >= 4 is 21.5 Å². The minimum atomic E-state index is -3.24. The number of rotatable bonds is 6. The second-order valence-electron chi connectivity index (χ2n) is 7.31. The molecule has 160 valence electrons. The second kappa shape index (κ2) is 8.19. The van der Waals surface area contributed by atoms with Gasteiger partial charge in [-0.05, 0) is 30.9 Å². The Bertz CT molecular complexity index is 1150. The topological polar surface area (TPSA) is 105 Å². The average Bonchev–Trinajstić information content (AvgIpc) is 3.15. The number of imidazole rings is 1. The Morgan fingerprint density at radius 1 is 1.27 bits per heavy atom. The molecule has 1 unspecified atom stereocenters. The highest BCUT2D eigenvalue weighted by atomic mass is 32.2. The van der Waals surface area contributed by atoms with Gasteiger partial charge in [0.1, 0.15) is 23.5 Å². The van der Waals surface area contributed by atoms with E-state index < -0.39 is 16.4 Å². The smallest absolute Gasteiger partial charge is 0.282 e. The molecule has 1 aliphatic heterocycles. The van der Waals surface area contributed by atoms with Gasteiger partial charge in [0.25, 0.3) is 6.43 Å². The van der Waals surface area contributed by atoms with E-state index in [1.807, 2.05) is 0 Å². The van der Waals surface area contributed by atoms with Crippen molar-refractivity contribution in [1.29, 1.82) is 0 Å². The molecule has 12 heteroatoms. The fourth-order valence-corrected chi connectivity index (χ4v) is 4.09. The van der Waals surface area contributed by atoms with Crippen molar-refractivity contribution in [2.24, 2.45) is 5.92 Å². The van der Waals surface area contributed by atoms with E-state index >= 15 is 0 Å². The van der Waals surface area contributed by atoms with Crippen molar-refractivity contribution < 1.29 is 17.2 Å². The van der Waals surface area contributed by atoms with Crippen LogP contribution >= 0.6 is 0 Å². The van der Waals surface area contributed by atoms with Crippen LogP contribution in [0.25, 0.3) is 17.0 Å². The first kappa shape index (κ1) is 20.5. The summed E-state index contributed by atoms with van der Waals surface area (Å²) in [7, 11) is -3.24. The molecular weight excluding hydrogens is 416 g/mol. The highest BCUT2D eigenvalue weighted by Gasteiger charge is 2.23. The lowest BCUT2D eigenvalue weighted by Gasteiger charge is -2.33. The first-order valence-corrected chi connectivity index (χ1v) is 11.3. The summed E-state index contributed by atoms with van der Waals surface area (Å²) in [5.74, 6) is 0.849. The SMILES string of the molecule is CS(=O)(=O)NCC1CCCN(c2cc(-c3cnc4ccc(C(F)F)nn34)ncn2)C1. The van der Waals surface area contributed by atoms with Crippen LogP contribution in [-0.2, 0) is 10.0 Å². The van der Waals surface area contributed by atoms with Crippen LogP contribution in [0.15, 0.2) is 30.7 Å². The van der Waals surface area contributed by atoms with Gasteiger partial charge in [0, 0.05) is 25.7 Å². The molecule has 9 nitrogen and oxygen atoms in total. The third kappa shape index (κ3) is 4.54. The minimum Gasteiger partial charge on any atom is -0.356 e. The Morgan fingerprint density at radius 3 is 2.87 bits per heavy atom. The maximum Gasteiger partial charge on any atom is 0.282 e. The third-order valence-electron chi connectivity index (χ3n) is 5.00. The number of nitrogens with one attached hydrogen (secondary N) is 1. The quantitative estimate of drug-likeness (QED) is 0.628. The molecule has 1 aliphatic rings. The van der Waals surface area contributed by atoms with Gasteiger partial charge in [0.2, 0.25) is 10.0 Å². The van der Waals surface area contributed by atoms with Gasteiger partial charge in [-0.3, -0.25) is 0 Å². The van der Waals surface area contributed by atoms with E-state index in [0.717, 1.165) is 25.6 Å². The predicted molar refractivity (Wildman–Crippen MR) is 107 cm³/mol. The maximum absolute atomic E-state index is 13.0. The normalized spacial score (nSPS) is 17.7. The van der Waals surface area contributed by atoms with Crippen molar-refractivity contribution in [1.82, 2.24) is 29.3 Å². The highest BCUT2D eigenvalue weighted by molar-refractivity contribution is 7.88. The summed E-state index contributed by atoms with van der Waals surface area (Å²) < 4.78 is 52.7. The van der Waals surface area contributed by atoms with Gasteiger partial charge in [-0.25, -0.2) is 41.4 Å². The van der Waals surface area contributed by atoms with Crippen LogP contribution in [0.2, 0.25) is 0 Å². The molecule has 0 radical (unpaired) electrons. The van der Waals surface area contributed by atoms with Crippen LogP contribution in [0.1, 0.15) is 25.0 Å². The molecule has 1 atom stereocenters. The van der Waals surface area contributed by atoms with Crippen molar-refractivity contribution in [3.8, 4) is 11.4 Å². The number of piperidine rings is 1. The Balaban J connectivity index is 1.59. The van der Waals surface area contributed by atoms with E-state index in [0.29, 0.717) is 35.9 Å². The zero-order chi connectivity index (χ0) is 21.3. The molecular formula is C18H21F2N7O2S. The molecule has 0 aromatic carbocycles. The predicted octanol–water partition coefficient (Wildman–Crippen LogP) is 1.89. The van der Waals surface area contributed by atoms with Gasteiger partial charge >= 0.3 is 0 Å². The van der Waals surface area contributed by atoms with Crippen molar-refractivity contribution in [3.63, 3.8) is 0 Å². The Kier molecular flexibility index (Phi) is 5.60. The van der Waals surface area contributed by atoms with Crippen LogP contribution in [-0.4, -0.2) is 58.9 Å². The Hall–Kier alpha value is -2.73. The maximum atomic E-state index is 13.0. The minimum absolute atomic E-state index is 0.165. The Labute approximate surface area is 172 Å². The highest BCUT2D eigenvalue weighted by Crippen LogP contribution is 2.26. The number of nitrogens with zero attached hydrogens (tertiary/aromatic N) is 6. The van der Waals surface area contributed by atoms with Crippen LogP contribution in [0.5, 0.6) is 0 Å². The number of anilines is 1. The number of halogens is 2. The number of aromatic nitrogens is 5. The van der Waals surface area contributed by atoms with Gasteiger partial charge in [-0.2, -0.15) is 5.10 Å². The summed E-state index contributed by atoms with van der Waals surface area (Å²) in [4.78, 5) is 14.9. The summed E-state index contributed by atoms with van der Waals surface area (Å²) in [5, 5.41) is 3.98. The first-order chi connectivity index (χ1) is 14.3. The van der Waals surface area contributed by atoms with Gasteiger partial charge in [0.15, 0.2) is 5.65 Å². The molecule has 30 heavy (non-hydrogen) atoms. The summed E-state index contributed by atoms with van der Waals surface area (Å²) in [5.41, 5.74) is 1.11. The third-order valence-corrected chi connectivity index (χ3v) is 5.69. The molecule has 1 N–H and O–H groups in total. The monoisotopic (exact) mass is 437 g/mol. The summed E-state index contributed by atoms with van der Waals surface area (Å²) >= 11 is 0. The van der Waals surface area contributed by atoms with Crippen LogP contribution in [0.4, 0.5) is 14.6 Å². The summed E-state index contributed by atoms with van der Waals surface area (Å²) in [6.45, 7) is 1.81. The first-order valence-electron chi connectivity index (χ1n) is 9.45. The zero-order valence-corrected chi connectivity index (χ0v) is 17.1. The zero-order valence-electron chi connectivity index (χ0n) is 16.2. The molecule has 0 spiro atoms. The summed E-state index contributed by atoms with van der Waals surface area (Å²) in [6, 6.07) is 4.51. The summed E-state index contributed by atoms with van der Waals surface area (Å²) in [6.07, 6.45) is 3.25. The fraction of sp³-hybridized carbons (Fsp3) is 0.444. The van der Waals surface area contributed by atoms with E-state index in [-0.39, 0.29) is 11.6 Å².